The van der Waals surface area contributed by atoms with Crippen molar-refractivity contribution < 1.29 is 4.79 Å². The summed E-state index contributed by atoms with van der Waals surface area (Å²) in [6, 6.07) is 19.8. The van der Waals surface area contributed by atoms with E-state index in [9.17, 15) is 4.79 Å². The highest BCUT2D eigenvalue weighted by Crippen LogP contribution is 2.32. The van der Waals surface area contributed by atoms with E-state index in [0.29, 0.717) is 24.3 Å². The summed E-state index contributed by atoms with van der Waals surface area (Å²) in [5.41, 5.74) is 4.16. The minimum Gasteiger partial charge on any atom is -0.368 e. The maximum absolute atomic E-state index is 12.7. The first-order valence-electron chi connectivity index (χ1n) is 10.4. The predicted octanol–water partition coefficient (Wildman–Crippen LogP) is 4.31. The summed E-state index contributed by atoms with van der Waals surface area (Å²) >= 11 is 0. The van der Waals surface area contributed by atoms with Crippen LogP contribution in [-0.2, 0) is 17.6 Å². The van der Waals surface area contributed by atoms with E-state index in [0.717, 1.165) is 45.3 Å². The van der Waals surface area contributed by atoms with Gasteiger partial charge in [0.2, 0.25) is 5.91 Å². The van der Waals surface area contributed by atoms with Crippen molar-refractivity contribution in [1.29, 1.82) is 0 Å². The number of anilines is 1. The molecular weight excluding hydrogens is 332 g/mol. The highest BCUT2D eigenvalue weighted by Gasteiger charge is 2.27. The third-order valence-corrected chi connectivity index (χ3v) is 6.25. The second-order valence-corrected chi connectivity index (χ2v) is 8.14. The normalized spacial score (nSPS) is 20.0. The predicted molar refractivity (Wildman–Crippen MR) is 111 cm³/mol. The molecule has 0 bridgehead atoms. The molecule has 1 atom stereocenters. The Hall–Kier alpha value is -2.29. The first kappa shape index (κ1) is 18.1. The van der Waals surface area contributed by atoms with E-state index < -0.39 is 0 Å². The molecule has 0 aliphatic carbocycles. The number of hydrogen-bond donors (Lipinski definition) is 0. The van der Waals surface area contributed by atoms with Crippen LogP contribution in [0.25, 0.3) is 0 Å². The van der Waals surface area contributed by atoms with Crippen molar-refractivity contribution >= 4 is 11.6 Å². The zero-order valence-electron chi connectivity index (χ0n) is 16.3. The summed E-state index contributed by atoms with van der Waals surface area (Å²) < 4.78 is 0. The molecule has 2 aromatic carbocycles. The number of carbonyl (C=O) groups excluding carboxylic acids is 1. The fourth-order valence-corrected chi connectivity index (χ4v) is 4.68. The van der Waals surface area contributed by atoms with Crippen LogP contribution in [0.5, 0.6) is 0 Å². The van der Waals surface area contributed by atoms with Gasteiger partial charge in [-0.15, -0.1) is 0 Å². The lowest BCUT2D eigenvalue weighted by Crippen LogP contribution is -2.41. The molecule has 2 aliphatic heterocycles. The van der Waals surface area contributed by atoms with Gasteiger partial charge in [-0.2, -0.15) is 0 Å². The summed E-state index contributed by atoms with van der Waals surface area (Å²) in [6.45, 7) is 4.94. The molecule has 1 amide bonds. The Morgan fingerprint density at radius 3 is 2.48 bits per heavy atom. The van der Waals surface area contributed by atoms with Gasteiger partial charge in [0.1, 0.15) is 0 Å². The molecule has 2 heterocycles. The standard InChI is InChI=1S/C24H30N2O/c1-19-17-22-9-5-6-10-23(22)26(19)16-13-24(27)25-14-11-21(12-15-25)18-20-7-3-2-4-8-20/h2-10,19,21H,11-18H2,1H3. The molecule has 0 spiro atoms. The zero-order valence-corrected chi connectivity index (χ0v) is 16.3. The molecule has 1 unspecified atom stereocenters. The van der Waals surface area contributed by atoms with Crippen molar-refractivity contribution in [3.63, 3.8) is 0 Å². The van der Waals surface area contributed by atoms with E-state index >= 15 is 0 Å². The SMILES string of the molecule is CC1Cc2ccccc2N1CCC(=O)N1CCC(Cc2ccccc2)CC1. The van der Waals surface area contributed by atoms with Gasteiger partial charge in [0, 0.05) is 37.8 Å². The third kappa shape index (κ3) is 4.18. The first-order chi connectivity index (χ1) is 13.2. The van der Waals surface area contributed by atoms with E-state index in [2.05, 4.69) is 71.3 Å². The van der Waals surface area contributed by atoms with E-state index in [1.807, 2.05) is 0 Å². The number of likely N-dealkylation sites (tertiary alicyclic amines) is 1. The number of para-hydroxylation sites is 1. The number of hydrogen-bond acceptors (Lipinski definition) is 2. The zero-order chi connectivity index (χ0) is 18.6. The molecule has 142 valence electrons. The number of rotatable bonds is 5. The Labute approximate surface area is 163 Å². The van der Waals surface area contributed by atoms with Gasteiger partial charge < -0.3 is 9.80 Å². The number of benzene rings is 2. The average molecular weight is 363 g/mol. The lowest BCUT2D eigenvalue weighted by Gasteiger charge is -2.33. The minimum atomic E-state index is 0.324. The summed E-state index contributed by atoms with van der Waals surface area (Å²) in [5, 5.41) is 0. The molecule has 2 aliphatic rings. The molecule has 3 heteroatoms. The topological polar surface area (TPSA) is 23.6 Å². The van der Waals surface area contributed by atoms with Crippen LogP contribution >= 0.6 is 0 Å². The van der Waals surface area contributed by atoms with E-state index in [4.69, 9.17) is 0 Å². The van der Waals surface area contributed by atoms with E-state index in [-0.39, 0.29) is 0 Å². The van der Waals surface area contributed by atoms with Crippen molar-refractivity contribution in [2.45, 2.75) is 45.1 Å². The molecule has 0 aromatic heterocycles. The molecule has 27 heavy (non-hydrogen) atoms. The van der Waals surface area contributed by atoms with E-state index in [1.165, 1.54) is 16.8 Å². The average Bonchev–Trinajstić information content (AvgIpc) is 3.02. The number of piperidine rings is 1. The molecule has 3 nitrogen and oxygen atoms in total. The smallest absolute Gasteiger partial charge is 0.224 e. The Bertz CT molecular complexity index is 765. The van der Waals surface area contributed by atoms with Crippen LogP contribution < -0.4 is 4.90 Å². The van der Waals surface area contributed by atoms with Crippen LogP contribution in [0.3, 0.4) is 0 Å². The maximum atomic E-state index is 12.7. The lowest BCUT2D eigenvalue weighted by atomic mass is 9.90. The van der Waals surface area contributed by atoms with Gasteiger partial charge in [0.25, 0.3) is 0 Å². The van der Waals surface area contributed by atoms with Crippen LogP contribution in [0.2, 0.25) is 0 Å². The molecule has 0 radical (unpaired) electrons. The summed E-state index contributed by atoms with van der Waals surface area (Å²) in [7, 11) is 0. The van der Waals surface area contributed by atoms with Gasteiger partial charge in [-0.3, -0.25) is 4.79 Å². The molecule has 2 aromatic rings. The molecule has 0 N–H and O–H groups in total. The number of nitrogens with zero attached hydrogens (tertiary/aromatic N) is 2. The molecule has 0 saturated carbocycles. The van der Waals surface area contributed by atoms with Gasteiger partial charge >= 0.3 is 0 Å². The Kier molecular flexibility index (Phi) is 5.47. The Morgan fingerprint density at radius 2 is 1.70 bits per heavy atom. The maximum Gasteiger partial charge on any atom is 0.224 e. The van der Waals surface area contributed by atoms with Crippen LogP contribution in [0, 0.1) is 5.92 Å². The molecular formula is C24H30N2O. The molecule has 4 rings (SSSR count). The van der Waals surface area contributed by atoms with Crippen molar-refractivity contribution in [2.24, 2.45) is 5.92 Å². The van der Waals surface area contributed by atoms with Crippen LogP contribution in [0.4, 0.5) is 5.69 Å². The van der Waals surface area contributed by atoms with Gasteiger partial charge in [0.15, 0.2) is 0 Å². The minimum absolute atomic E-state index is 0.324. The van der Waals surface area contributed by atoms with Gasteiger partial charge in [-0.05, 0) is 55.7 Å². The van der Waals surface area contributed by atoms with Crippen LogP contribution in [-0.4, -0.2) is 36.5 Å². The Morgan fingerprint density at radius 1 is 1.00 bits per heavy atom. The second-order valence-electron chi connectivity index (χ2n) is 8.14. The van der Waals surface area contributed by atoms with Crippen molar-refractivity contribution in [3.8, 4) is 0 Å². The fourth-order valence-electron chi connectivity index (χ4n) is 4.68. The van der Waals surface area contributed by atoms with Gasteiger partial charge in [-0.1, -0.05) is 48.5 Å². The van der Waals surface area contributed by atoms with Crippen LogP contribution in [0.15, 0.2) is 54.6 Å². The fraction of sp³-hybridized carbons (Fsp3) is 0.458. The summed E-state index contributed by atoms with van der Waals surface area (Å²) in [5.74, 6) is 1.03. The monoisotopic (exact) mass is 362 g/mol. The highest BCUT2D eigenvalue weighted by molar-refractivity contribution is 5.77. The van der Waals surface area contributed by atoms with Crippen LogP contribution in [0.1, 0.15) is 37.3 Å². The van der Waals surface area contributed by atoms with Crippen molar-refractivity contribution in [3.05, 3.63) is 65.7 Å². The third-order valence-electron chi connectivity index (χ3n) is 6.25. The van der Waals surface area contributed by atoms with E-state index in [1.54, 1.807) is 0 Å². The number of amides is 1. The summed E-state index contributed by atoms with van der Waals surface area (Å²) in [6.07, 6.45) is 5.12. The van der Waals surface area contributed by atoms with Crippen molar-refractivity contribution in [1.82, 2.24) is 4.90 Å². The van der Waals surface area contributed by atoms with Gasteiger partial charge in [-0.25, -0.2) is 0 Å². The highest BCUT2D eigenvalue weighted by atomic mass is 16.2. The van der Waals surface area contributed by atoms with Gasteiger partial charge in [0.05, 0.1) is 0 Å². The lowest BCUT2D eigenvalue weighted by molar-refractivity contribution is -0.132. The number of fused-ring (bicyclic) bond motifs is 1. The second kappa shape index (κ2) is 8.16. The molecule has 1 fully saturated rings. The quantitative estimate of drug-likeness (QED) is 0.791. The summed E-state index contributed by atoms with van der Waals surface area (Å²) in [4.78, 5) is 17.2. The molecule has 1 saturated heterocycles. The first-order valence-corrected chi connectivity index (χ1v) is 10.4. The van der Waals surface area contributed by atoms with Crippen molar-refractivity contribution in [2.75, 3.05) is 24.5 Å². The largest absolute Gasteiger partial charge is 0.368 e. The Balaban J connectivity index is 1.25. The number of carbonyl (C=O) groups is 1.